The SMILES string of the molecule is Nc1c(C(=O)O)cnn1-c1ccccc1C(F)(F)F. The van der Waals surface area contributed by atoms with Gasteiger partial charge in [-0.25, -0.2) is 9.48 Å². The quantitative estimate of drug-likeness (QED) is 0.877. The molecule has 2 aromatic rings. The number of alkyl halides is 3. The van der Waals surface area contributed by atoms with Crippen LogP contribution in [0.25, 0.3) is 5.69 Å². The largest absolute Gasteiger partial charge is 0.477 e. The second kappa shape index (κ2) is 4.30. The van der Waals surface area contributed by atoms with Gasteiger partial charge >= 0.3 is 12.1 Å². The molecule has 0 aliphatic rings. The zero-order valence-corrected chi connectivity index (χ0v) is 9.35. The topological polar surface area (TPSA) is 81.1 Å². The normalized spacial score (nSPS) is 11.5. The van der Waals surface area contributed by atoms with Crippen molar-refractivity contribution < 1.29 is 23.1 Å². The zero-order chi connectivity index (χ0) is 14.2. The average Bonchev–Trinajstić information content (AvgIpc) is 2.70. The smallest absolute Gasteiger partial charge is 0.418 e. The predicted molar refractivity (Wildman–Crippen MR) is 59.9 cm³/mol. The van der Waals surface area contributed by atoms with E-state index in [9.17, 15) is 18.0 Å². The number of carbonyl (C=O) groups is 1. The van der Waals surface area contributed by atoms with E-state index in [0.717, 1.165) is 23.0 Å². The standard InChI is InChI=1S/C11H8F3N3O2/c12-11(13,14)7-3-1-2-4-8(7)17-9(15)6(5-16-17)10(18)19/h1-5H,15H2,(H,18,19). The number of nitrogens with two attached hydrogens (primary N) is 1. The van der Waals surface area contributed by atoms with Gasteiger partial charge in [0.1, 0.15) is 11.4 Å². The Bertz CT molecular complexity index is 634. The number of hydrogen-bond acceptors (Lipinski definition) is 3. The minimum atomic E-state index is -4.58. The maximum absolute atomic E-state index is 12.8. The Labute approximate surface area is 105 Å². The Balaban J connectivity index is 2.64. The summed E-state index contributed by atoms with van der Waals surface area (Å²) >= 11 is 0. The first-order valence-corrected chi connectivity index (χ1v) is 5.05. The van der Waals surface area contributed by atoms with Gasteiger partial charge in [0, 0.05) is 0 Å². The summed E-state index contributed by atoms with van der Waals surface area (Å²) in [4.78, 5) is 10.8. The highest BCUT2D eigenvalue weighted by Crippen LogP contribution is 2.34. The highest BCUT2D eigenvalue weighted by Gasteiger charge is 2.34. The monoisotopic (exact) mass is 271 g/mol. The van der Waals surface area contributed by atoms with Gasteiger partial charge in [-0.3, -0.25) is 0 Å². The van der Waals surface area contributed by atoms with Crippen molar-refractivity contribution in [3.8, 4) is 5.69 Å². The van der Waals surface area contributed by atoms with Crippen LogP contribution >= 0.6 is 0 Å². The van der Waals surface area contributed by atoms with Gasteiger partial charge in [0.15, 0.2) is 0 Å². The summed E-state index contributed by atoms with van der Waals surface area (Å²) in [7, 11) is 0. The molecule has 2 rings (SSSR count). The lowest BCUT2D eigenvalue weighted by molar-refractivity contribution is -0.137. The number of carboxylic acid groups (broad SMARTS) is 1. The number of anilines is 1. The molecule has 0 aliphatic heterocycles. The maximum atomic E-state index is 12.8. The van der Waals surface area contributed by atoms with Crippen LogP contribution in [0.2, 0.25) is 0 Å². The number of carboxylic acids is 1. The number of para-hydroxylation sites is 1. The third-order valence-electron chi connectivity index (χ3n) is 2.47. The summed E-state index contributed by atoms with van der Waals surface area (Å²) in [6.45, 7) is 0. The van der Waals surface area contributed by atoms with Gasteiger partial charge in [-0.2, -0.15) is 18.3 Å². The third-order valence-corrected chi connectivity index (χ3v) is 2.47. The molecule has 0 spiro atoms. The lowest BCUT2D eigenvalue weighted by atomic mass is 10.1. The molecule has 19 heavy (non-hydrogen) atoms. The van der Waals surface area contributed by atoms with Crippen molar-refractivity contribution in [2.24, 2.45) is 0 Å². The Morgan fingerprint density at radius 2 is 1.95 bits per heavy atom. The number of halogens is 3. The summed E-state index contributed by atoms with van der Waals surface area (Å²) < 4.78 is 39.3. The van der Waals surface area contributed by atoms with E-state index in [1.54, 1.807) is 0 Å². The summed E-state index contributed by atoms with van der Waals surface area (Å²) in [5, 5.41) is 12.4. The average molecular weight is 271 g/mol. The fraction of sp³-hybridized carbons (Fsp3) is 0.0909. The number of hydrogen-bond donors (Lipinski definition) is 2. The molecular formula is C11H8F3N3O2. The Morgan fingerprint density at radius 3 is 2.47 bits per heavy atom. The Morgan fingerprint density at radius 1 is 1.32 bits per heavy atom. The fourth-order valence-electron chi connectivity index (χ4n) is 1.61. The van der Waals surface area contributed by atoms with Crippen LogP contribution in [0.4, 0.5) is 19.0 Å². The number of nitrogens with zero attached hydrogens (tertiary/aromatic N) is 2. The van der Waals surface area contributed by atoms with E-state index in [0.29, 0.717) is 0 Å². The van der Waals surface area contributed by atoms with Gasteiger partial charge in [0.2, 0.25) is 0 Å². The van der Waals surface area contributed by atoms with Crippen LogP contribution in [-0.4, -0.2) is 20.9 Å². The van der Waals surface area contributed by atoms with Crippen molar-refractivity contribution >= 4 is 11.8 Å². The van der Waals surface area contributed by atoms with E-state index in [-0.39, 0.29) is 17.1 Å². The van der Waals surface area contributed by atoms with Crippen molar-refractivity contribution in [1.29, 1.82) is 0 Å². The Hall–Kier alpha value is -2.51. The predicted octanol–water partition coefficient (Wildman–Crippen LogP) is 2.17. The molecule has 0 fully saturated rings. The van der Waals surface area contributed by atoms with Crippen LogP contribution in [0.15, 0.2) is 30.5 Å². The first kappa shape index (κ1) is 12.9. The second-order valence-corrected chi connectivity index (χ2v) is 3.68. The molecule has 3 N–H and O–H groups in total. The summed E-state index contributed by atoms with van der Waals surface area (Å²) in [5.74, 6) is -1.71. The maximum Gasteiger partial charge on any atom is 0.418 e. The number of benzene rings is 1. The van der Waals surface area contributed by atoms with E-state index in [2.05, 4.69) is 5.10 Å². The molecule has 1 heterocycles. The molecule has 0 amide bonds. The van der Waals surface area contributed by atoms with Crippen LogP contribution in [0.1, 0.15) is 15.9 Å². The van der Waals surface area contributed by atoms with E-state index < -0.39 is 17.7 Å². The van der Waals surface area contributed by atoms with E-state index in [4.69, 9.17) is 10.8 Å². The minimum absolute atomic E-state index is 0.319. The first-order chi connectivity index (χ1) is 8.82. The van der Waals surface area contributed by atoms with Crippen molar-refractivity contribution in [2.45, 2.75) is 6.18 Å². The molecule has 0 atom stereocenters. The fourth-order valence-corrected chi connectivity index (χ4v) is 1.61. The molecule has 1 aromatic heterocycles. The number of aromatic nitrogens is 2. The van der Waals surface area contributed by atoms with Crippen LogP contribution in [0.3, 0.4) is 0 Å². The van der Waals surface area contributed by atoms with Gasteiger partial charge in [-0.15, -0.1) is 0 Å². The van der Waals surface area contributed by atoms with Crippen molar-refractivity contribution in [1.82, 2.24) is 9.78 Å². The van der Waals surface area contributed by atoms with Crippen molar-refractivity contribution in [3.05, 3.63) is 41.6 Å². The minimum Gasteiger partial charge on any atom is -0.477 e. The van der Waals surface area contributed by atoms with Crippen LogP contribution in [0.5, 0.6) is 0 Å². The van der Waals surface area contributed by atoms with Crippen LogP contribution in [-0.2, 0) is 6.18 Å². The summed E-state index contributed by atoms with van der Waals surface area (Å²) in [6.07, 6.45) is -3.68. The molecule has 0 unspecified atom stereocenters. The molecular weight excluding hydrogens is 263 g/mol. The number of rotatable bonds is 2. The van der Waals surface area contributed by atoms with E-state index in [1.165, 1.54) is 12.1 Å². The molecule has 8 heteroatoms. The third kappa shape index (κ3) is 2.24. The molecule has 0 aliphatic carbocycles. The molecule has 5 nitrogen and oxygen atoms in total. The Kier molecular flexibility index (Phi) is 2.93. The van der Waals surface area contributed by atoms with E-state index in [1.807, 2.05) is 0 Å². The molecule has 0 saturated carbocycles. The molecule has 0 bridgehead atoms. The van der Waals surface area contributed by atoms with Crippen molar-refractivity contribution in [2.75, 3.05) is 5.73 Å². The molecule has 0 saturated heterocycles. The van der Waals surface area contributed by atoms with Gasteiger partial charge in [0.05, 0.1) is 17.4 Å². The van der Waals surface area contributed by atoms with Crippen LogP contribution in [0, 0.1) is 0 Å². The van der Waals surface area contributed by atoms with Crippen LogP contribution < -0.4 is 5.73 Å². The lowest BCUT2D eigenvalue weighted by Gasteiger charge is -2.13. The molecule has 1 aromatic carbocycles. The first-order valence-electron chi connectivity index (χ1n) is 5.05. The van der Waals surface area contributed by atoms with Gasteiger partial charge in [-0.1, -0.05) is 12.1 Å². The zero-order valence-electron chi connectivity index (χ0n) is 9.35. The lowest BCUT2D eigenvalue weighted by Crippen LogP contribution is -2.13. The number of aromatic carboxylic acids is 1. The highest BCUT2D eigenvalue weighted by atomic mass is 19.4. The number of nitrogen functional groups attached to an aromatic ring is 1. The second-order valence-electron chi connectivity index (χ2n) is 3.68. The van der Waals surface area contributed by atoms with Gasteiger partial charge < -0.3 is 10.8 Å². The van der Waals surface area contributed by atoms with Gasteiger partial charge in [0.25, 0.3) is 0 Å². The van der Waals surface area contributed by atoms with E-state index >= 15 is 0 Å². The van der Waals surface area contributed by atoms with Gasteiger partial charge in [-0.05, 0) is 12.1 Å². The highest BCUT2D eigenvalue weighted by molar-refractivity contribution is 5.92. The van der Waals surface area contributed by atoms with Crippen molar-refractivity contribution in [3.63, 3.8) is 0 Å². The summed E-state index contributed by atoms with van der Waals surface area (Å²) in [6, 6.07) is 4.64. The molecule has 0 radical (unpaired) electrons. The summed E-state index contributed by atoms with van der Waals surface area (Å²) in [5.41, 5.74) is 3.89. The molecule has 100 valence electrons.